The predicted molar refractivity (Wildman–Crippen MR) is 90.8 cm³/mol. The van der Waals surface area contributed by atoms with Gasteiger partial charge < -0.3 is 10.2 Å². The van der Waals surface area contributed by atoms with Crippen molar-refractivity contribution in [3.8, 4) is 0 Å². The van der Waals surface area contributed by atoms with E-state index in [4.69, 9.17) is 11.6 Å². The maximum atomic E-state index is 12.9. The molecule has 0 radical (unpaired) electrons. The summed E-state index contributed by atoms with van der Waals surface area (Å²) in [5, 5.41) is 2.59. The summed E-state index contributed by atoms with van der Waals surface area (Å²) < 4.78 is 27.3. The van der Waals surface area contributed by atoms with Crippen molar-refractivity contribution in [2.75, 3.05) is 33.7 Å². The van der Waals surface area contributed by atoms with E-state index in [0.717, 1.165) is 5.56 Å². The van der Waals surface area contributed by atoms with Crippen LogP contribution in [0.2, 0.25) is 5.02 Å². The van der Waals surface area contributed by atoms with Crippen molar-refractivity contribution in [2.24, 2.45) is 0 Å². The number of amides is 1. The zero-order valence-corrected chi connectivity index (χ0v) is 15.1. The molecule has 1 fully saturated rings. The SMILES string of the molecule is CC(C(=O)N(C)C)S(=O)(=O)N1CCNCC1c1ccccc1Cl. The largest absolute Gasteiger partial charge is 0.348 e. The lowest BCUT2D eigenvalue weighted by Crippen LogP contribution is -2.53. The van der Waals surface area contributed by atoms with Gasteiger partial charge in [-0.15, -0.1) is 0 Å². The predicted octanol–water partition coefficient (Wildman–Crippen LogP) is 1.09. The van der Waals surface area contributed by atoms with E-state index in [1.165, 1.54) is 16.1 Å². The third-order valence-corrected chi connectivity index (χ3v) is 6.55. The lowest BCUT2D eigenvalue weighted by Gasteiger charge is -2.37. The number of hydrogen-bond acceptors (Lipinski definition) is 4. The van der Waals surface area contributed by atoms with E-state index < -0.39 is 27.2 Å². The third-order valence-electron chi connectivity index (χ3n) is 4.02. The summed E-state index contributed by atoms with van der Waals surface area (Å²) in [5.74, 6) is -0.429. The van der Waals surface area contributed by atoms with Crippen LogP contribution in [0.3, 0.4) is 0 Å². The molecule has 0 bridgehead atoms. The molecule has 2 atom stereocenters. The number of rotatable bonds is 4. The van der Waals surface area contributed by atoms with Crippen LogP contribution in [0.4, 0.5) is 0 Å². The Balaban J connectivity index is 2.38. The highest BCUT2D eigenvalue weighted by atomic mass is 35.5. The monoisotopic (exact) mass is 359 g/mol. The molecule has 2 rings (SSSR count). The Bertz CT molecular complexity index is 678. The second-order valence-electron chi connectivity index (χ2n) is 5.77. The lowest BCUT2D eigenvalue weighted by atomic mass is 10.1. The molecule has 1 aliphatic heterocycles. The molecule has 6 nitrogen and oxygen atoms in total. The molecule has 1 saturated heterocycles. The number of sulfonamides is 1. The van der Waals surface area contributed by atoms with Gasteiger partial charge in [-0.05, 0) is 18.6 Å². The van der Waals surface area contributed by atoms with Gasteiger partial charge in [0.25, 0.3) is 0 Å². The van der Waals surface area contributed by atoms with E-state index in [1.54, 1.807) is 26.2 Å². The summed E-state index contributed by atoms with van der Waals surface area (Å²) in [6.07, 6.45) is 0. The minimum Gasteiger partial charge on any atom is -0.348 e. The van der Waals surface area contributed by atoms with Crippen molar-refractivity contribution >= 4 is 27.5 Å². The van der Waals surface area contributed by atoms with Crippen LogP contribution in [0.25, 0.3) is 0 Å². The van der Waals surface area contributed by atoms with Gasteiger partial charge in [-0.2, -0.15) is 4.31 Å². The molecule has 1 aromatic rings. The molecule has 128 valence electrons. The normalized spacial score (nSPS) is 21.0. The number of carbonyl (C=O) groups excluding carboxylic acids is 1. The molecule has 1 N–H and O–H groups in total. The van der Waals surface area contributed by atoms with Gasteiger partial charge in [0, 0.05) is 38.8 Å². The molecule has 0 aromatic heterocycles. The zero-order valence-electron chi connectivity index (χ0n) is 13.5. The summed E-state index contributed by atoms with van der Waals surface area (Å²) >= 11 is 6.24. The first-order chi connectivity index (χ1) is 10.8. The first-order valence-corrected chi connectivity index (χ1v) is 9.32. The molecule has 0 spiro atoms. The van der Waals surface area contributed by atoms with Crippen LogP contribution in [-0.2, 0) is 14.8 Å². The minimum absolute atomic E-state index is 0.309. The Morgan fingerprint density at radius 3 is 2.65 bits per heavy atom. The number of nitrogens with one attached hydrogen (secondary N) is 1. The van der Waals surface area contributed by atoms with Crippen molar-refractivity contribution in [1.82, 2.24) is 14.5 Å². The van der Waals surface area contributed by atoms with Crippen LogP contribution in [0.5, 0.6) is 0 Å². The number of nitrogens with zero attached hydrogens (tertiary/aromatic N) is 2. The average molecular weight is 360 g/mol. The van der Waals surface area contributed by atoms with Crippen LogP contribution in [0, 0.1) is 0 Å². The third kappa shape index (κ3) is 3.68. The Kier molecular flexibility index (Phi) is 5.67. The number of hydrogen-bond donors (Lipinski definition) is 1. The van der Waals surface area contributed by atoms with Gasteiger partial charge >= 0.3 is 0 Å². The minimum atomic E-state index is -3.78. The van der Waals surface area contributed by atoms with Crippen LogP contribution < -0.4 is 5.32 Å². The van der Waals surface area contributed by atoms with Crippen molar-refractivity contribution < 1.29 is 13.2 Å². The first kappa shape index (κ1) is 18.2. The molecule has 2 unspecified atom stereocenters. The molecule has 0 aliphatic carbocycles. The van der Waals surface area contributed by atoms with Gasteiger partial charge in [0.05, 0.1) is 6.04 Å². The number of halogens is 1. The fourth-order valence-corrected chi connectivity index (χ4v) is 4.72. The smallest absolute Gasteiger partial charge is 0.241 e. The Hall–Kier alpha value is -1.15. The second-order valence-corrected chi connectivity index (χ2v) is 8.39. The lowest BCUT2D eigenvalue weighted by molar-refractivity contribution is -0.128. The maximum absolute atomic E-state index is 12.9. The van der Waals surface area contributed by atoms with E-state index in [-0.39, 0.29) is 0 Å². The Morgan fingerprint density at radius 2 is 2.04 bits per heavy atom. The van der Waals surface area contributed by atoms with Crippen LogP contribution in [0.15, 0.2) is 24.3 Å². The number of piperazine rings is 1. The highest BCUT2D eigenvalue weighted by molar-refractivity contribution is 7.90. The molecular weight excluding hydrogens is 338 g/mol. The van der Waals surface area contributed by atoms with Crippen LogP contribution in [0.1, 0.15) is 18.5 Å². The van der Waals surface area contributed by atoms with E-state index in [2.05, 4.69) is 5.32 Å². The van der Waals surface area contributed by atoms with Crippen molar-refractivity contribution in [1.29, 1.82) is 0 Å². The number of benzene rings is 1. The van der Waals surface area contributed by atoms with Gasteiger partial charge in [0.15, 0.2) is 5.25 Å². The molecule has 1 aliphatic rings. The summed E-state index contributed by atoms with van der Waals surface area (Å²) in [5.41, 5.74) is 0.745. The molecule has 1 aromatic carbocycles. The summed E-state index contributed by atoms with van der Waals surface area (Å²) in [6, 6.07) is 6.78. The van der Waals surface area contributed by atoms with Crippen molar-refractivity contribution in [3.05, 3.63) is 34.9 Å². The molecule has 1 heterocycles. The molecule has 1 amide bonds. The maximum Gasteiger partial charge on any atom is 0.241 e. The van der Waals surface area contributed by atoms with Crippen molar-refractivity contribution in [3.63, 3.8) is 0 Å². The van der Waals surface area contributed by atoms with Gasteiger partial charge in [-0.25, -0.2) is 8.42 Å². The Morgan fingerprint density at radius 1 is 1.39 bits per heavy atom. The molecule has 23 heavy (non-hydrogen) atoms. The van der Waals surface area contributed by atoms with Gasteiger partial charge in [0.2, 0.25) is 15.9 Å². The summed E-state index contributed by atoms with van der Waals surface area (Å²) in [4.78, 5) is 13.4. The van der Waals surface area contributed by atoms with E-state index in [0.29, 0.717) is 24.7 Å². The first-order valence-electron chi connectivity index (χ1n) is 7.43. The summed E-state index contributed by atoms with van der Waals surface area (Å²) in [7, 11) is -0.670. The fraction of sp³-hybridized carbons (Fsp3) is 0.533. The highest BCUT2D eigenvalue weighted by Crippen LogP contribution is 2.31. The quantitative estimate of drug-likeness (QED) is 0.873. The zero-order chi connectivity index (χ0) is 17.2. The van der Waals surface area contributed by atoms with Crippen LogP contribution >= 0.6 is 11.6 Å². The molecular formula is C15H22ClN3O3S. The van der Waals surface area contributed by atoms with Crippen molar-refractivity contribution in [2.45, 2.75) is 18.2 Å². The fourth-order valence-electron chi connectivity index (χ4n) is 2.69. The van der Waals surface area contributed by atoms with E-state index in [1.807, 2.05) is 12.1 Å². The van der Waals surface area contributed by atoms with E-state index >= 15 is 0 Å². The van der Waals surface area contributed by atoms with Gasteiger partial charge in [0.1, 0.15) is 0 Å². The van der Waals surface area contributed by atoms with Gasteiger partial charge in [-0.1, -0.05) is 29.8 Å². The topological polar surface area (TPSA) is 69.7 Å². The van der Waals surface area contributed by atoms with E-state index in [9.17, 15) is 13.2 Å². The number of carbonyl (C=O) groups is 1. The average Bonchev–Trinajstić information content (AvgIpc) is 2.53. The van der Waals surface area contributed by atoms with Crippen LogP contribution in [-0.4, -0.2) is 62.5 Å². The standard InChI is InChI=1S/C15H22ClN3O3S/c1-11(15(20)18(2)3)23(21,22)19-9-8-17-10-14(19)12-6-4-5-7-13(12)16/h4-7,11,14,17H,8-10H2,1-3H3. The summed E-state index contributed by atoms with van der Waals surface area (Å²) in [6.45, 7) is 2.75. The Labute approximate surface area is 142 Å². The second kappa shape index (κ2) is 7.17. The molecule has 8 heteroatoms. The molecule has 0 saturated carbocycles. The van der Waals surface area contributed by atoms with Gasteiger partial charge in [-0.3, -0.25) is 4.79 Å². The highest BCUT2D eigenvalue weighted by Gasteiger charge is 2.40.